The Morgan fingerprint density at radius 3 is 0.986 bits per heavy atom. The fourth-order valence-corrected chi connectivity index (χ4v) is 19.7. The minimum Gasteiger partial charge on any atom is -0.756 e. The Morgan fingerprint density at radius 2 is 0.648 bits per heavy atom. The molecule has 0 radical (unpaired) electrons. The zero-order valence-electron chi connectivity index (χ0n) is 86.5. The molecule has 6 aliphatic heterocycles. The molecule has 0 saturated carbocycles. The molecule has 6 rings (SSSR count). The average Bonchev–Trinajstić information content (AvgIpc) is 0.789. The normalized spacial score (nSPS) is 25.2. The van der Waals surface area contributed by atoms with Crippen LogP contribution in [0.15, 0.2) is 0 Å². The summed E-state index contributed by atoms with van der Waals surface area (Å²) < 4.78 is 125. The van der Waals surface area contributed by atoms with Gasteiger partial charge in [0.2, 0.25) is 41.4 Å². The summed E-state index contributed by atoms with van der Waals surface area (Å²) in [4.78, 5) is 148. The molecule has 6 heterocycles. The molecule has 0 aromatic heterocycles. The summed E-state index contributed by atoms with van der Waals surface area (Å²) in [5, 5.41) is 103. The standard InChI is InChI=1S/C97H175N7O39P2/c1-70-76(61-105)141-91(83(86(70)118)99-71(2)109)133-46-22-18-27-74(112)25-14-9-11-16-31-81(116)104-44-37-97(38-45-104,68-139-144(123,124)137-66-95(64-108)33-40-102(41-34-95)80(115)30-15-10-8-13-26-75(113)28-19-23-47-134-92-84(100-72(3)110)89(121)87(119)77(62-106)142-92)69-140-145(125,126)138-67-96(65-132-58-57-130-54-53-128-50-49-127-51-52-129-55-56-131-59-60-136-94(5,6)7)35-42-103(43-36-96)82(117)32-17-12-21-39-98-79(114)29-20-24-48-135-93-85(101-73(4)111)90(122)88(120)78(63-107)143-93/h70,76-78,83-93,105-108,118-122H,8-69H2,1-7H3,(H,98,114)(H,99,109)(H,100,110)(H,101,111)(H,123,124)(H,125,126)/p-2/t70-,76+,77+,78+,83+,84+,85+,86-,87-,88-,89+,90+,91+,92+,93+/m0/s1. The lowest BCUT2D eigenvalue weighted by atomic mass is 9.80. The molecule has 0 bridgehead atoms. The van der Waals surface area contributed by atoms with Crippen molar-refractivity contribution in [2.45, 2.75) is 339 Å². The number of phosphoric ester groups is 2. The van der Waals surface area contributed by atoms with Crippen LogP contribution in [-0.4, -0.2) is 409 Å². The first-order chi connectivity index (χ1) is 69.2. The first-order valence-corrected chi connectivity index (χ1v) is 55.0. The number of Topliss-reactive ketones (excluding diaryl/α,β-unsaturated/α-hetero) is 2. The van der Waals surface area contributed by atoms with Gasteiger partial charge < -0.3 is 171 Å². The van der Waals surface area contributed by atoms with Gasteiger partial charge in [-0.3, -0.25) is 52.3 Å². The third-order valence-corrected chi connectivity index (χ3v) is 28.9. The number of ether oxygens (including phenoxy) is 13. The van der Waals surface area contributed by atoms with Crippen molar-refractivity contribution < 1.29 is 188 Å². The van der Waals surface area contributed by atoms with Gasteiger partial charge in [-0.25, -0.2) is 0 Å². The molecule has 0 spiro atoms. The van der Waals surface area contributed by atoms with Gasteiger partial charge in [-0.15, -0.1) is 0 Å². The molecular formula is C97H173N7O39P2-2. The maximum Gasteiger partial charge on any atom is 0.267 e. The van der Waals surface area contributed by atoms with E-state index in [0.717, 1.165) is 0 Å². The monoisotopic (exact) mass is 2120 g/mol. The van der Waals surface area contributed by atoms with E-state index in [1.165, 1.54) is 20.8 Å². The van der Waals surface area contributed by atoms with Crippen molar-refractivity contribution in [1.82, 2.24) is 36.0 Å². The number of hydrogen-bond acceptors (Lipinski definition) is 39. The largest absolute Gasteiger partial charge is 0.756 e. The highest BCUT2D eigenvalue weighted by Gasteiger charge is 2.50. The van der Waals surface area contributed by atoms with Crippen LogP contribution in [0.25, 0.3) is 0 Å². The number of unbranched alkanes of at least 4 members (excludes halogenated alkanes) is 11. The molecule has 0 aromatic carbocycles. The van der Waals surface area contributed by atoms with Crippen molar-refractivity contribution >= 4 is 68.6 Å². The molecule has 17 atom stereocenters. The lowest BCUT2D eigenvalue weighted by Crippen LogP contribution is -2.64. The topological polar surface area (TPSA) is 631 Å². The highest BCUT2D eigenvalue weighted by molar-refractivity contribution is 7.46. The number of phosphoric acid groups is 2. The number of aliphatic hydroxyl groups excluding tert-OH is 9. The Labute approximate surface area is 853 Å². The minimum atomic E-state index is -5.30. The van der Waals surface area contributed by atoms with Gasteiger partial charge in [0.05, 0.1) is 157 Å². The van der Waals surface area contributed by atoms with Crippen LogP contribution in [0.5, 0.6) is 0 Å². The van der Waals surface area contributed by atoms with Crippen molar-refractivity contribution in [3.05, 3.63) is 0 Å². The van der Waals surface area contributed by atoms with E-state index < -0.39 is 182 Å². The number of rotatable bonds is 77. The summed E-state index contributed by atoms with van der Waals surface area (Å²) in [6.45, 7) is 12.9. The molecule has 2 unspecified atom stereocenters. The number of likely N-dealkylation sites (tertiary alicyclic amines) is 3. The van der Waals surface area contributed by atoms with Crippen LogP contribution in [-0.2, 0) is 132 Å². The maximum absolute atomic E-state index is 14.3. The molecular weight excluding hydrogens is 1950 g/mol. The van der Waals surface area contributed by atoms with Crippen LogP contribution in [0.1, 0.15) is 248 Å². The van der Waals surface area contributed by atoms with Crippen LogP contribution in [0.3, 0.4) is 0 Å². The van der Waals surface area contributed by atoms with Crippen molar-refractivity contribution in [1.29, 1.82) is 0 Å². The molecule has 13 N–H and O–H groups in total. The Hall–Kier alpha value is -5.03. The zero-order valence-corrected chi connectivity index (χ0v) is 88.3. The number of carbonyl (C=O) groups excluding carboxylic acids is 9. The number of ketones is 2. The summed E-state index contributed by atoms with van der Waals surface area (Å²) in [5.41, 5.74) is -3.68. The molecule has 0 aliphatic carbocycles. The van der Waals surface area contributed by atoms with Gasteiger partial charge in [-0.1, -0.05) is 39.0 Å². The lowest BCUT2D eigenvalue weighted by molar-refractivity contribution is -0.270. The molecule has 46 nitrogen and oxygen atoms in total. The molecule has 842 valence electrons. The number of aliphatic hydroxyl groups is 9. The van der Waals surface area contributed by atoms with E-state index >= 15 is 0 Å². The van der Waals surface area contributed by atoms with Gasteiger partial charge in [-0.2, -0.15) is 0 Å². The van der Waals surface area contributed by atoms with E-state index in [-0.39, 0.29) is 210 Å². The summed E-state index contributed by atoms with van der Waals surface area (Å²) >= 11 is 0. The first kappa shape index (κ1) is 129. The molecule has 6 aliphatic rings. The van der Waals surface area contributed by atoms with E-state index in [2.05, 4.69) is 21.3 Å². The maximum atomic E-state index is 14.3. The molecule has 6 saturated heterocycles. The number of nitrogens with zero attached hydrogens (tertiary/aromatic N) is 3. The molecule has 145 heavy (non-hydrogen) atoms. The Balaban J connectivity index is 0.994. The number of carbonyl (C=O) groups is 9. The van der Waals surface area contributed by atoms with E-state index in [4.69, 9.17) is 79.7 Å². The molecule has 48 heteroatoms. The van der Waals surface area contributed by atoms with Crippen LogP contribution in [0, 0.1) is 22.2 Å². The molecule has 0 aromatic rings. The fraction of sp³-hybridized carbons (Fsp3) is 0.907. The predicted molar refractivity (Wildman–Crippen MR) is 517 cm³/mol. The van der Waals surface area contributed by atoms with Gasteiger partial charge in [0.15, 0.2) is 18.9 Å². The third kappa shape index (κ3) is 50.2. The Kier molecular flexibility index (Phi) is 61.7. The summed E-state index contributed by atoms with van der Waals surface area (Å²) in [6.07, 6.45) is -0.600. The van der Waals surface area contributed by atoms with Crippen molar-refractivity contribution in [3.63, 3.8) is 0 Å². The Morgan fingerprint density at radius 1 is 0.359 bits per heavy atom. The number of nitrogens with one attached hydrogen (secondary N) is 4. The highest BCUT2D eigenvalue weighted by Crippen LogP contribution is 2.50. The average molecular weight is 2120 g/mol. The van der Waals surface area contributed by atoms with Crippen LogP contribution < -0.4 is 31.1 Å². The Bertz CT molecular complexity index is 3790. The smallest absolute Gasteiger partial charge is 0.267 e. The van der Waals surface area contributed by atoms with Crippen LogP contribution in [0.4, 0.5) is 0 Å². The number of hydrogen-bond donors (Lipinski definition) is 13. The van der Waals surface area contributed by atoms with Gasteiger partial charge in [0.25, 0.3) is 15.6 Å². The van der Waals surface area contributed by atoms with Gasteiger partial charge in [0.1, 0.15) is 66.3 Å². The second-order valence-electron chi connectivity index (χ2n) is 40.1. The fourth-order valence-electron chi connectivity index (χ4n) is 17.8. The highest BCUT2D eigenvalue weighted by atomic mass is 31.2. The van der Waals surface area contributed by atoms with Gasteiger partial charge in [0, 0.05) is 160 Å². The molecule has 7 amide bonds. The third-order valence-electron chi connectivity index (χ3n) is 27.1. The predicted octanol–water partition coefficient (Wildman–Crippen LogP) is 1.89. The van der Waals surface area contributed by atoms with Gasteiger partial charge >= 0.3 is 0 Å². The van der Waals surface area contributed by atoms with E-state index in [1.54, 1.807) is 21.6 Å². The molecule has 6 fully saturated rings. The summed E-state index contributed by atoms with van der Waals surface area (Å²) in [6, 6.07) is -3.01. The SMILES string of the molecule is CC(=O)N[C@H]1[C@H](OCCCCC(=O)CCCCCCC(=O)N2CCC(COP(=O)([O-])OCC3(CO)CCN(C(=O)CCCCCCC(=O)CCCCO[C@@H]4O[C@H](CO)[C@H](O)[C@H](O)[C@H]4NC(C)=O)CC3)(COP(=O)([O-])OCC3(COCCOCCOCCOCCOCCOCCOC(C)(C)C)CCN(C(=O)CCCCCNC(=O)CCCCO[C@@H]4O[C@H](CO)[C@H](O)[C@H](O)[C@H]4NC(C)=O)CC3)CC2)O[C@H](CO)[C@H](C)[C@@H]1O. The van der Waals surface area contributed by atoms with E-state index in [1.807, 2.05) is 20.8 Å². The number of piperidine rings is 3. The van der Waals surface area contributed by atoms with Crippen molar-refractivity contribution in [3.8, 4) is 0 Å². The summed E-state index contributed by atoms with van der Waals surface area (Å²) in [5.74, 6) is -2.34. The van der Waals surface area contributed by atoms with Crippen LogP contribution in [0.2, 0.25) is 0 Å². The number of amides is 7. The van der Waals surface area contributed by atoms with Crippen LogP contribution >= 0.6 is 15.6 Å². The van der Waals surface area contributed by atoms with Crippen molar-refractivity contribution in [2.75, 3.05) is 204 Å². The second-order valence-corrected chi connectivity index (χ2v) is 42.9. The summed E-state index contributed by atoms with van der Waals surface area (Å²) in [7, 11) is -10.6. The second kappa shape index (κ2) is 69.6. The first-order valence-electron chi connectivity index (χ1n) is 52.1. The quantitative estimate of drug-likeness (QED) is 0.0305. The lowest BCUT2D eigenvalue weighted by Gasteiger charge is -2.44. The minimum absolute atomic E-state index is 0.00773. The van der Waals surface area contributed by atoms with E-state index in [9.17, 15) is 108 Å². The van der Waals surface area contributed by atoms with Gasteiger partial charge in [-0.05, 0) is 136 Å². The van der Waals surface area contributed by atoms with E-state index in [0.29, 0.717) is 194 Å². The van der Waals surface area contributed by atoms with Crippen molar-refractivity contribution in [2.24, 2.45) is 22.2 Å². The zero-order chi connectivity index (χ0) is 106.